The largest absolute Gasteiger partial charge is 0.491 e. The molecule has 2 aliphatic heterocycles. The number of likely N-dealkylation sites (tertiary alicyclic amines) is 1. The van der Waals surface area contributed by atoms with E-state index in [9.17, 15) is 9.59 Å². The highest BCUT2D eigenvalue weighted by Crippen LogP contribution is 2.24. The first-order valence-corrected chi connectivity index (χ1v) is 10.5. The molecule has 2 fully saturated rings. The van der Waals surface area contributed by atoms with E-state index < -0.39 is 0 Å². The molecular formula is C23H28N2O5. The minimum absolute atomic E-state index is 0.00176. The highest BCUT2D eigenvalue weighted by atomic mass is 16.5. The number of hydrogen-bond acceptors (Lipinski definition) is 5. The van der Waals surface area contributed by atoms with Crippen molar-refractivity contribution in [1.29, 1.82) is 0 Å². The van der Waals surface area contributed by atoms with Crippen molar-refractivity contribution in [2.24, 2.45) is 0 Å². The number of morpholine rings is 1. The van der Waals surface area contributed by atoms with Crippen LogP contribution in [0.15, 0.2) is 34.7 Å². The van der Waals surface area contributed by atoms with Crippen molar-refractivity contribution >= 4 is 11.8 Å². The van der Waals surface area contributed by atoms with Gasteiger partial charge < -0.3 is 23.7 Å². The normalized spacial score (nSPS) is 19.2. The predicted octanol–water partition coefficient (Wildman–Crippen LogP) is 3.05. The molecule has 0 aliphatic carbocycles. The highest BCUT2D eigenvalue weighted by Gasteiger charge is 2.31. The number of ether oxygens (including phenoxy) is 2. The second-order valence-corrected chi connectivity index (χ2v) is 7.86. The maximum Gasteiger partial charge on any atom is 0.257 e. The molecule has 3 heterocycles. The molecule has 0 saturated carbocycles. The smallest absolute Gasteiger partial charge is 0.257 e. The predicted molar refractivity (Wildman–Crippen MR) is 111 cm³/mol. The second kappa shape index (κ2) is 8.92. The molecule has 1 atom stereocenters. The molecule has 2 amide bonds. The van der Waals surface area contributed by atoms with Crippen molar-refractivity contribution in [2.45, 2.75) is 32.7 Å². The van der Waals surface area contributed by atoms with Gasteiger partial charge >= 0.3 is 0 Å². The quantitative estimate of drug-likeness (QED) is 0.755. The van der Waals surface area contributed by atoms with Gasteiger partial charge in [0.1, 0.15) is 23.9 Å². The van der Waals surface area contributed by atoms with Crippen LogP contribution in [0.3, 0.4) is 0 Å². The molecule has 7 heteroatoms. The third-order valence-electron chi connectivity index (χ3n) is 5.75. The van der Waals surface area contributed by atoms with Gasteiger partial charge in [0.15, 0.2) is 0 Å². The Hall–Kier alpha value is -2.80. The number of hydrogen-bond donors (Lipinski definition) is 0. The maximum atomic E-state index is 12.9. The van der Waals surface area contributed by atoms with Crippen LogP contribution in [-0.4, -0.2) is 67.1 Å². The standard InChI is InChI=1S/C23H28N2O5/c1-16-14-21(17(2)30-16)23(27)25-9-3-4-19(25)15-29-20-7-5-18(6-8-20)22(26)24-10-12-28-13-11-24/h5-8,14,19H,3-4,9-13,15H2,1-2H3. The summed E-state index contributed by atoms with van der Waals surface area (Å²) in [6, 6.07) is 9.06. The van der Waals surface area contributed by atoms with Gasteiger partial charge in [-0.15, -0.1) is 0 Å². The molecule has 4 rings (SSSR count). The van der Waals surface area contributed by atoms with Crippen LogP contribution < -0.4 is 4.74 Å². The van der Waals surface area contributed by atoms with Crippen LogP contribution in [0.5, 0.6) is 5.75 Å². The molecule has 1 aromatic heterocycles. The van der Waals surface area contributed by atoms with Crippen molar-refractivity contribution in [2.75, 3.05) is 39.5 Å². The van der Waals surface area contributed by atoms with Gasteiger partial charge in [-0.2, -0.15) is 0 Å². The summed E-state index contributed by atoms with van der Waals surface area (Å²) in [6.45, 7) is 7.24. The summed E-state index contributed by atoms with van der Waals surface area (Å²) in [6.07, 6.45) is 1.87. The summed E-state index contributed by atoms with van der Waals surface area (Å²) < 4.78 is 16.8. The van der Waals surface area contributed by atoms with Gasteiger partial charge in [-0.25, -0.2) is 0 Å². The van der Waals surface area contributed by atoms with Gasteiger partial charge in [-0.3, -0.25) is 9.59 Å². The Morgan fingerprint density at radius 2 is 1.80 bits per heavy atom. The fourth-order valence-corrected chi connectivity index (χ4v) is 4.11. The van der Waals surface area contributed by atoms with Crippen molar-refractivity contribution in [1.82, 2.24) is 9.80 Å². The fourth-order valence-electron chi connectivity index (χ4n) is 4.11. The number of carbonyl (C=O) groups is 2. The Labute approximate surface area is 176 Å². The van der Waals surface area contributed by atoms with Crippen molar-refractivity contribution < 1.29 is 23.5 Å². The first-order valence-electron chi connectivity index (χ1n) is 10.5. The van der Waals surface area contributed by atoms with E-state index >= 15 is 0 Å². The summed E-state index contributed by atoms with van der Waals surface area (Å²) in [5.41, 5.74) is 1.28. The lowest BCUT2D eigenvalue weighted by Gasteiger charge is -2.27. The van der Waals surface area contributed by atoms with E-state index in [0.29, 0.717) is 55.5 Å². The number of nitrogens with zero attached hydrogens (tertiary/aromatic N) is 2. The Bertz CT molecular complexity index is 899. The molecule has 7 nitrogen and oxygen atoms in total. The van der Waals surface area contributed by atoms with E-state index in [1.165, 1.54) is 0 Å². The van der Waals surface area contributed by atoms with Crippen molar-refractivity contribution in [3.05, 3.63) is 53.0 Å². The number of benzene rings is 1. The zero-order valence-electron chi connectivity index (χ0n) is 17.6. The molecule has 30 heavy (non-hydrogen) atoms. The Kier molecular flexibility index (Phi) is 6.08. The minimum atomic E-state index is 0.00176. The lowest BCUT2D eigenvalue weighted by atomic mass is 10.1. The molecule has 0 N–H and O–H groups in total. The van der Waals surface area contributed by atoms with E-state index in [0.717, 1.165) is 25.1 Å². The van der Waals surface area contributed by atoms with Crippen LogP contribution in [0.25, 0.3) is 0 Å². The third kappa shape index (κ3) is 4.36. The van der Waals surface area contributed by atoms with E-state index in [2.05, 4.69) is 0 Å². The summed E-state index contributed by atoms with van der Waals surface area (Å²) in [7, 11) is 0. The van der Waals surface area contributed by atoms with Gasteiger partial charge in [-0.1, -0.05) is 0 Å². The van der Waals surface area contributed by atoms with Gasteiger partial charge in [-0.05, 0) is 57.0 Å². The molecule has 2 saturated heterocycles. The summed E-state index contributed by atoms with van der Waals surface area (Å²) in [5, 5.41) is 0. The number of rotatable bonds is 5. The Balaban J connectivity index is 1.35. The average Bonchev–Trinajstić information content (AvgIpc) is 3.38. The van der Waals surface area contributed by atoms with E-state index in [4.69, 9.17) is 13.9 Å². The maximum absolute atomic E-state index is 12.9. The van der Waals surface area contributed by atoms with Gasteiger partial charge in [0, 0.05) is 25.2 Å². The molecule has 1 aromatic carbocycles. The van der Waals surface area contributed by atoms with Gasteiger partial charge in [0.25, 0.3) is 11.8 Å². The van der Waals surface area contributed by atoms with Crippen LogP contribution in [0.2, 0.25) is 0 Å². The van der Waals surface area contributed by atoms with E-state index in [-0.39, 0.29) is 17.9 Å². The highest BCUT2D eigenvalue weighted by molar-refractivity contribution is 5.96. The summed E-state index contributed by atoms with van der Waals surface area (Å²) in [5.74, 6) is 2.12. The molecular weight excluding hydrogens is 384 g/mol. The Morgan fingerprint density at radius 3 is 2.47 bits per heavy atom. The molecule has 2 aromatic rings. The number of aryl methyl sites for hydroxylation is 2. The summed E-state index contributed by atoms with van der Waals surface area (Å²) >= 11 is 0. The molecule has 0 radical (unpaired) electrons. The lowest BCUT2D eigenvalue weighted by Crippen LogP contribution is -2.40. The van der Waals surface area contributed by atoms with Crippen LogP contribution in [-0.2, 0) is 4.74 Å². The topological polar surface area (TPSA) is 72.2 Å². The molecule has 0 bridgehead atoms. The first-order chi connectivity index (χ1) is 14.5. The SMILES string of the molecule is Cc1cc(C(=O)N2CCCC2COc2ccc(C(=O)N3CCOCC3)cc2)c(C)o1. The fraction of sp³-hybridized carbons (Fsp3) is 0.478. The number of carbonyl (C=O) groups excluding carboxylic acids is 2. The van der Waals surface area contributed by atoms with Crippen molar-refractivity contribution in [3.63, 3.8) is 0 Å². The monoisotopic (exact) mass is 412 g/mol. The summed E-state index contributed by atoms with van der Waals surface area (Å²) in [4.78, 5) is 29.2. The Morgan fingerprint density at radius 1 is 1.07 bits per heavy atom. The first kappa shape index (κ1) is 20.5. The average molecular weight is 412 g/mol. The minimum Gasteiger partial charge on any atom is -0.491 e. The van der Waals surface area contributed by atoms with Gasteiger partial charge in [0.05, 0.1) is 24.8 Å². The lowest BCUT2D eigenvalue weighted by molar-refractivity contribution is 0.0303. The second-order valence-electron chi connectivity index (χ2n) is 7.86. The van der Waals surface area contributed by atoms with E-state index in [1.54, 1.807) is 23.1 Å². The van der Waals surface area contributed by atoms with E-state index in [1.807, 2.05) is 30.9 Å². The molecule has 0 spiro atoms. The third-order valence-corrected chi connectivity index (χ3v) is 5.75. The molecule has 160 valence electrons. The zero-order valence-corrected chi connectivity index (χ0v) is 17.6. The van der Waals surface area contributed by atoms with Crippen molar-refractivity contribution in [3.8, 4) is 5.75 Å². The number of furan rings is 1. The zero-order chi connectivity index (χ0) is 21.1. The molecule has 2 aliphatic rings. The van der Waals surface area contributed by atoms with Crippen LogP contribution in [0, 0.1) is 13.8 Å². The molecule has 1 unspecified atom stereocenters. The van der Waals surface area contributed by atoms with Crippen LogP contribution in [0.1, 0.15) is 45.1 Å². The van der Waals surface area contributed by atoms with Crippen LogP contribution >= 0.6 is 0 Å². The number of amides is 2. The van der Waals surface area contributed by atoms with Crippen LogP contribution in [0.4, 0.5) is 0 Å². The van der Waals surface area contributed by atoms with Gasteiger partial charge in [0.2, 0.25) is 0 Å².